The van der Waals surface area contributed by atoms with E-state index in [1.165, 1.54) is 65.7 Å². The van der Waals surface area contributed by atoms with E-state index in [4.69, 9.17) is 0 Å². The van der Waals surface area contributed by atoms with Crippen LogP contribution in [0.2, 0.25) is 0 Å². The molecule has 0 fully saturated rings. The fourth-order valence-electron chi connectivity index (χ4n) is 6.02. The third kappa shape index (κ3) is 8.36. The van der Waals surface area contributed by atoms with Crippen LogP contribution in [0.5, 0.6) is 0 Å². The van der Waals surface area contributed by atoms with E-state index in [2.05, 4.69) is 140 Å². The van der Waals surface area contributed by atoms with Gasteiger partial charge < -0.3 is 0 Å². The average molecular weight is 688 g/mol. The predicted octanol–water partition coefficient (Wildman–Crippen LogP) is 12.6. The Bertz CT molecular complexity index is 2340. The summed E-state index contributed by atoms with van der Waals surface area (Å²) in [6, 6.07) is 50.1. The van der Waals surface area contributed by atoms with Gasteiger partial charge in [-0.25, -0.2) is 0 Å². The third-order valence-corrected chi connectivity index (χ3v) is 8.40. The number of hydrogen-bond donors (Lipinski definition) is 0. The van der Waals surface area contributed by atoms with Gasteiger partial charge in [-0.1, -0.05) is 91.0 Å². The first-order chi connectivity index (χ1) is 22.6. The second-order valence-electron chi connectivity index (χ2n) is 11.7. The maximum Gasteiger partial charge on any atom is 0.150 e. The summed E-state index contributed by atoms with van der Waals surface area (Å²) in [6.07, 6.45) is 1.67. The van der Waals surface area contributed by atoms with Crippen molar-refractivity contribution in [1.82, 2.24) is 0 Å². The topological polar surface area (TPSA) is 23.8 Å². The largest absolute Gasteiger partial charge is 0.192 e. The smallest absolute Gasteiger partial charge is 0.150 e. The minimum atomic E-state index is -10.7. The van der Waals surface area contributed by atoms with Crippen LogP contribution in [-0.4, -0.2) is 0 Å². The zero-order valence-electron chi connectivity index (χ0n) is 25.3. The molecule has 0 bridgehead atoms. The first kappa shape index (κ1) is 33.1. The van der Waals surface area contributed by atoms with Crippen LogP contribution in [0.3, 0.4) is 0 Å². The first-order valence-corrected chi connectivity index (χ1v) is 17.5. The van der Waals surface area contributed by atoms with Gasteiger partial charge in [0.25, 0.3) is 0 Å². The number of nitriles is 1. The molecule has 0 heterocycles. The second kappa shape index (κ2) is 12.0. The van der Waals surface area contributed by atoms with Crippen LogP contribution in [0.4, 0.5) is 25.2 Å². The van der Waals surface area contributed by atoms with Crippen LogP contribution in [0.1, 0.15) is 27.8 Å². The molecule has 0 saturated heterocycles. The Labute approximate surface area is 278 Å². The van der Waals surface area contributed by atoms with Crippen molar-refractivity contribution in [3.8, 4) is 17.2 Å². The zero-order valence-corrected chi connectivity index (χ0v) is 27.2. The van der Waals surface area contributed by atoms with Gasteiger partial charge in [-0.3, -0.25) is 0 Å². The van der Waals surface area contributed by atoms with Crippen LogP contribution in [-0.2, 0) is 25.5 Å². The normalized spacial score (nSPS) is 13.0. The van der Waals surface area contributed by atoms with Crippen molar-refractivity contribution < 1.29 is 25.2 Å². The molecule has 0 aliphatic heterocycles. The van der Waals surface area contributed by atoms with Gasteiger partial charge in [-0.05, 0) is 134 Å². The summed E-state index contributed by atoms with van der Waals surface area (Å²) in [5, 5.41) is 16.8. The van der Waals surface area contributed by atoms with Gasteiger partial charge in [0.2, 0.25) is 0 Å². The summed E-state index contributed by atoms with van der Waals surface area (Å²) in [5.74, 6) is 0. The summed E-state index contributed by atoms with van der Waals surface area (Å²) in [7, 11) is -10.7. The van der Waals surface area contributed by atoms with E-state index < -0.39 is 7.81 Å². The number of fused-ring (bicyclic) bond motifs is 3. The van der Waals surface area contributed by atoms with E-state index in [0.29, 0.717) is 5.56 Å². The Kier molecular flexibility index (Phi) is 8.27. The van der Waals surface area contributed by atoms with Crippen molar-refractivity contribution in [3.63, 3.8) is 0 Å². The van der Waals surface area contributed by atoms with Crippen LogP contribution < -0.4 is 0 Å². The van der Waals surface area contributed by atoms with E-state index >= 15 is 0 Å². The van der Waals surface area contributed by atoms with Crippen molar-refractivity contribution >= 4 is 52.8 Å². The molecule has 9 heteroatoms. The molecule has 242 valence electrons. The van der Waals surface area contributed by atoms with E-state index in [1.54, 1.807) is 0 Å². The maximum atomic E-state index is 9.87. The summed E-state index contributed by atoms with van der Waals surface area (Å²) in [4.78, 5) is 1.09. The fraction of sp³-hybridized carbons (Fsp3) is 0.0513. The maximum absolute atomic E-state index is 10.7. The zero-order chi connectivity index (χ0) is 34.2. The van der Waals surface area contributed by atoms with Crippen molar-refractivity contribution in [1.29, 1.82) is 5.26 Å². The van der Waals surface area contributed by atoms with Crippen LogP contribution in [0.25, 0.3) is 43.4 Å². The van der Waals surface area contributed by atoms with E-state index in [9.17, 15) is 30.4 Å². The molecule has 0 saturated carbocycles. The molecule has 0 spiro atoms. The first-order valence-electron chi connectivity index (χ1n) is 14.9. The van der Waals surface area contributed by atoms with E-state index in [0.717, 1.165) is 17.7 Å². The number of hydrogen-bond acceptors (Lipinski definition) is 1. The molecule has 0 aliphatic rings. The Morgan fingerprint density at radius 3 is 1.69 bits per heavy atom. The molecule has 7 aromatic carbocycles. The quantitative estimate of drug-likeness (QED) is 0.0765. The minimum absolute atomic E-state index is 0.689. The average Bonchev–Trinajstić information content (AvgIpc) is 3.03. The molecule has 0 radical (unpaired) electrons. The van der Waals surface area contributed by atoms with Gasteiger partial charge in [0.15, 0.2) is 0 Å². The van der Waals surface area contributed by atoms with Gasteiger partial charge in [0.1, 0.15) is 4.90 Å². The summed E-state index contributed by atoms with van der Waals surface area (Å²) in [6.45, 7) is 0. The third-order valence-electron chi connectivity index (χ3n) is 8.07. The monoisotopic (exact) mass is 687 g/mol. The van der Waals surface area contributed by atoms with Crippen LogP contribution in [0, 0.1) is 11.3 Å². The molecule has 7 rings (SSSR count). The molecular weight excluding hydrogens is 659 g/mol. The molecule has 1 nitrogen and oxygen atoms in total. The Morgan fingerprint density at radius 1 is 0.521 bits per heavy atom. The van der Waals surface area contributed by atoms with Gasteiger partial charge >= 0.3 is 33.0 Å². The number of nitrogens with zero attached hydrogens (tertiary/aromatic N) is 1. The second-order valence-corrected chi connectivity index (χ2v) is 14.2. The SMILES string of the molecule is F[P-](F)(F)(F)(F)F.N#Cc1ccc(Cc2cccc3c(-c4ccccc4Cc4ccc([SH2+])cc4)c4cc5ccccc5cc4cc23)cc1. The molecule has 0 aromatic heterocycles. The van der Waals surface area contributed by atoms with Gasteiger partial charge in [0.05, 0.1) is 11.6 Å². The van der Waals surface area contributed by atoms with E-state index in [-0.39, 0.29) is 0 Å². The molecule has 0 N–H and O–H groups in total. The van der Waals surface area contributed by atoms with Crippen LogP contribution >= 0.6 is 7.81 Å². The molecule has 0 unspecified atom stereocenters. The summed E-state index contributed by atoms with van der Waals surface area (Å²) < 4.78 is 59.2. The molecular formula is C39H28F6NPS. The summed E-state index contributed by atoms with van der Waals surface area (Å²) >= 11 is 3.63. The number of halogens is 6. The molecule has 0 atom stereocenters. The minimum Gasteiger partial charge on any atom is -0.192 e. The number of rotatable bonds is 5. The number of benzene rings is 7. The van der Waals surface area contributed by atoms with Crippen LogP contribution in [0.15, 0.2) is 138 Å². The fourth-order valence-corrected chi connectivity index (χ4v) is 6.18. The van der Waals surface area contributed by atoms with E-state index in [1.807, 2.05) is 12.1 Å². The van der Waals surface area contributed by atoms with Gasteiger partial charge in [0, 0.05) is 0 Å². The van der Waals surface area contributed by atoms with Crippen molar-refractivity contribution in [2.45, 2.75) is 17.7 Å². The molecule has 48 heavy (non-hydrogen) atoms. The Balaban J connectivity index is 0.000000519. The molecule has 7 aromatic rings. The van der Waals surface area contributed by atoms with Crippen molar-refractivity contribution in [3.05, 3.63) is 161 Å². The molecule has 0 aliphatic carbocycles. The van der Waals surface area contributed by atoms with Crippen molar-refractivity contribution in [2.75, 3.05) is 0 Å². The van der Waals surface area contributed by atoms with Gasteiger partial charge in [-0.2, -0.15) is 5.26 Å². The Hall–Kier alpha value is -4.83. The Morgan fingerprint density at radius 2 is 1.04 bits per heavy atom. The van der Waals surface area contributed by atoms with Crippen molar-refractivity contribution in [2.24, 2.45) is 0 Å². The van der Waals surface area contributed by atoms with Gasteiger partial charge in [-0.15, -0.1) is 0 Å². The summed E-state index contributed by atoms with van der Waals surface area (Å²) in [5.41, 5.74) is 8.34. The molecule has 0 amide bonds. The standard InChI is InChI=1S/C39H27NS.F6P/c40-25-28-14-12-26(13-15-28)21-32-9-5-11-36-37(32)24-33-22-29-6-1-2-7-30(29)23-38(33)39(36)35-10-4-3-8-31(35)20-27-16-18-34(41)19-17-27;1-7(2,3,4,5)6/h1-19,22-24,41H,20-21H2;/q;-1/p+1. The predicted molar refractivity (Wildman–Crippen MR) is 190 cm³/mol.